The number of benzene rings is 1. The largest absolute Gasteiger partial charge is 0.378 e. The predicted octanol–water partition coefficient (Wildman–Crippen LogP) is 6.69. The lowest BCUT2D eigenvalue weighted by Gasteiger charge is -2.29. The summed E-state index contributed by atoms with van der Waals surface area (Å²) in [4.78, 5) is 0. The van der Waals surface area contributed by atoms with E-state index in [-0.39, 0.29) is 5.56 Å². The number of unbranched alkanes of at least 4 members (excludes halogenated alkanes) is 3. The van der Waals surface area contributed by atoms with Crippen LogP contribution in [-0.2, 0) is 4.74 Å². The maximum absolute atomic E-state index is 13.9. The third-order valence-corrected chi connectivity index (χ3v) is 4.79. The lowest BCUT2D eigenvalue weighted by Crippen LogP contribution is -2.21. The van der Waals surface area contributed by atoms with Gasteiger partial charge >= 0.3 is 0 Å². The maximum Gasteiger partial charge on any atom is 0.271 e. The Bertz CT molecular complexity index is 530. The molecule has 0 unspecified atom stereocenters. The van der Waals surface area contributed by atoms with Crippen molar-refractivity contribution in [3.8, 4) is 0 Å². The van der Waals surface area contributed by atoms with Crippen LogP contribution in [0.2, 0.25) is 0 Å². The van der Waals surface area contributed by atoms with Gasteiger partial charge in [0.25, 0.3) is 6.08 Å². The third kappa shape index (κ3) is 5.97. The molecule has 4 heteroatoms. The van der Waals surface area contributed by atoms with Crippen LogP contribution in [0.5, 0.6) is 0 Å². The molecule has 0 bridgehead atoms. The normalized spacial score (nSPS) is 20.8. The lowest BCUT2D eigenvalue weighted by atomic mass is 9.82. The van der Waals surface area contributed by atoms with Crippen LogP contribution in [0.3, 0.4) is 0 Å². The topological polar surface area (TPSA) is 9.23 Å². The van der Waals surface area contributed by atoms with Crippen molar-refractivity contribution in [1.29, 1.82) is 0 Å². The summed E-state index contributed by atoms with van der Waals surface area (Å²) in [5.41, 5.74) is 0.855. The van der Waals surface area contributed by atoms with Gasteiger partial charge in [-0.3, -0.25) is 0 Å². The van der Waals surface area contributed by atoms with E-state index in [2.05, 4.69) is 6.92 Å². The van der Waals surface area contributed by atoms with E-state index in [0.29, 0.717) is 18.1 Å². The summed E-state index contributed by atoms with van der Waals surface area (Å²) < 4.78 is 44.3. The Hall–Kier alpha value is -1.29. The van der Waals surface area contributed by atoms with Gasteiger partial charge in [0.1, 0.15) is 5.82 Å². The van der Waals surface area contributed by atoms with Crippen molar-refractivity contribution < 1.29 is 17.9 Å². The monoisotopic (exact) mass is 340 g/mol. The molecule has 0 aromatic heterocycles. The minimum atomic E-state index is -1.88. The Kier molecular flexibility index (Phi) is 7.83. The molecule has 0 spiro atoms. The highest BCUT2D eigenvalue weighted by molar-refractivity contribution is 5.51. The summed E-state index contributed by atoms with van der Waals surface area (Å²) in [7, 11) is 0. The Morgan fingerprint density at radius 3 is 2.50 bits per heavy atom. The molecule has 24 heavy (non-hydrogen) atoms. The molecule has 134 valence electrons. The van der Waals surface area contributed by atoms with Gasteiger partial charge in [0.05, 0.1) is 6.10 Å². The van der Waals surface area contributed by atoms with Gasteiger partial charge in [-0.05, 0) is 49.7 Å². The zero-order valence-corrected chi connectivity index (χ0v) is 14.4. The van der Waals surface area contributed by atoms with Crippen LogP contribution in [0.4, 0.5) is 13.2 Å². The molecule has 1 aliphatic carbocycles. The van der Waals surface area contributed by atoms with Gasteiger partial charge in [-0.15, -0.1) is 0 Å². The van der Waals surface area contributed by atoms with Crippen molar-refractivity contribution in [2.24, 2.45) is 0 Å². The van der Waals surface area contributed by atoms with Crippen molar-refractivity contribution >= 4 is 6.08 Å². The fraction of sp³-hybridized carbons (Fsp3) is 0.600. The van der Waals surface area contributed by atoms with Crippen LogP contribution >= 0.6 is 0 Å². The first-order valence-corrected chi connectivity index (χ1v) is 9.04. The average molecular weight is 340 g/mol. The van der Waals surface area contributed by atoms with E-state index in [1.807, 2.05) is 0 Å². The SMILES string of the molecule is CCCCCCOC1CCC(c2ccc(C=C(F)F)c(F)c2)CC1. The van der Waals surface area contributed by atoms with E-state index in [1.54, 1.807) is 6.07 Å². The molecule has 0 saturated heterocycles. The fourth-order valence-corrected chi connectivity index (χ4v) is 3.37. The molecule has 1 fully saturated rings. The summed E-state index contributed by atoms with van der Waals surface area (Å²) in [6.07, 6.45) is 7.76. The number of ether oxygens (including phenoxy) is 1. The van der Waals surface area contributed by atoms with Crippen LogP contribution in [0.25, 0.3) is 6.08 Å². The molecular weight excluding hydrogens is 313 g/mol. The minimum absolute atomic E-state index is 0.0529. The fourth-order valence-electron chi connectivity index (χ4n) is 3.37. The van der Waals surface area contributed by atoms with Crippen LogP contribution in [0, 0.1) is 5.82 Å². The highest BCUT2D eigenvalue weighted by atomic mass is 19.3. The summed E-state index contributed by atoms with van der Waals surface area (Å²) in [6.45, 7) is 3.03. The van der Waals surface area contributed by atoms with Gasteiger partial charge in [-0.2, -0.15) is 8.78 Å². The van der Waals surface area contributed by atoms with Crippen molar-refractivity contribution in [3.05, 3.63) is 41.2 Å². The van der Waals surface area contributed by atoms with E-state index in [4.69, 9.17) is 4.74 Å². The van der Waals surface area contributed by atoms with Gasteiger partial charge < -0.3 is 4.74 Å². The molecule has 1 aliphatic rings. The first-order valence-electron chi connectivity index (χ1n) is 9.04. The van der Waals surface area contributed by atoms with Gasteiger partial charge in [0.2, 0.25) is 0 Å². The third-order valence-electron chi connectivity index (χ3n) is 4.79. The molecule has 0 heterocycles. The van der Waals surface area contributed by atoms with E-state index in [9.17, 15) is 13.2 Å². The lowest BCUT2D eigenvalue weighted by molar-refractivity contribution is 0.0226. The van der Waals surface area contributed by atoms with E-state index in [1.165, 1.54) is 31.4 Å². The number of hydrogen-bond donors (Lipinski definition) is 0. The molecule has 1 aromatic rings. The Morgan fingerprint density at radius 2 is 1.88 bits per heavy atom. The molecule has 0 atom stereocenters. The Balaban J connectivity index is 1.80. The molecule has 1 nitrogen and oxygen atoms in total. The summed E-state index contributed by atoms with van der Waals surface area (Å²) in [5.74, 6) is -0.276. The Morgan fingerprint density at radius 1 is 1.12 bits per heavy atom. The van der Waals surface area contributed by atoms with E-state index >= 15 is 0 Å². The standard InChI is InChI=1S/C20H27F3O/c1-2-3-4-5-12-24-18-10-8-15(9-11-18)16-6-7-17(14-20(22)23)19(21)13-16/h6-7,13-15,18H,2-5,8-12H2,1H3. The van der Waals surface area contributed by atoms with Crippen LogP contribution in [0.15, 0.2) is 24.3 Å². The first kappa shape index (κ1) is 19.0. The van der Waals surface area contributed by atoms with Crippen molar-refractivity contribution in [2.75, 3.05) is 6.61 Å². The van der Waals surface area contributed by atoms with E-state index in [0.717, 1.165) is 44.3 Å². The van der Waals surface area contributed by atoms with Crippen molar-refractivity contribution in [3.63, 3.8) is 0 Å². The number of rotatable bonds is 8. The highest BCUT2D eigenvalue weighted by Gasteiger charge is 2.23. The molecule has 1 aromatic carbocycles. The zero-order valence-electron chi connectivity index (χ0n) is 14.4. The molecule has 0 N–H and O–H groups in total. The first-order chi connectivity index (χ1) is 11.6. The van der Waals surface area contributed by atoms with Crippen LogP contribution in [0.1, 0.15) is 75.3 Å². The van der Waals surface area contributed by atoms with Gasteiger partial charge in [0.15, 0.2) is 0 Å². The van der Waals surface area contributed by atoms with Gasteiger partial charge in [-0.25, -0.2) is 4.39 Å². The van der Waals surface area contributed by atoms with E-state index < -0.39 is 11.9 Å². The second-order valence-corrected chi connectivity index (χ2v) is 6.62. The zero-order chi connectivity index (χ0) is 17.4. The second kappa shape index (κ2) is 9.87. The number of hydrogen-bond acceptors (Lipinski definition) is 1. The number of halogens is 3. The predicted molar refractivity (Wildman–Crippen MR) is 91.7 cm³/mol. The molecule has 0 radical (unpaired) electrons. The molecule has 0 aliphatic heterocycles. The Labute approximate surface area is 142 Å². The van der Waals surface area contributed by atoms with Crippen LogP contribution in [-0.4, -0.2) is 12.7 Å². The second-order valence-electron chi connectivity index (χ2n) is 6.62. The quantitative estimate of drug-likeness (QED) is 0.479. The average Bonchev–Trinajstić information content (AvgIpc) is 2.57. The van der Waals surface area contributed by atoms with Crippen molar-refractivity contribution in [1.82, 2.24) is 0 Å². The van der Waals surface area contributed by atoms with Gasteiger partial charge in [0, 0.05) is 18.2 Å². The molecule has 1 saturated carbocycles. The minimum Gasteiger partial charge on any atom is -0.378 e. The summed E-state index contributed by atoms with van der Waals surface area (Å²) in [5, 5.41) is 0. The molecular formula is C20H27F3O. The summed E-state index contributed by atoms with van der Waals surface area (Å²) in [6, 6.07) is 4.62. The highest BCUT2D eigenvalue weighted by Crippen LogP contribution is 2.35. The molecule has 0 amide bonds. The maximum atomic E-state index is 13.9. The van der Waals surface area contributed by atoms with Crippen molar-refractivity contribution in [2.45, 2.75) is 70.3 Å². The summed E-state index contributed by atoms with van der Waals surface area (Å²) >= 11 is 0. The molecule has 2 rings (SSSR count). The smallest absolute Gasteiger partial charge is 0.271 e. The van der Waals surface area contributed by atoms with Gasteiger partial charge in [-0.1, -0.05) is 38.3 Å². The van der Waals surface area contributed by atoms with Crippen LogP contribution < -0.4 is 0 Å².